The van der Waals surface area contributed by atoms with Crippen LogP contribution in [0.1, 0.15) is 0 Å². The zero-order chi connectivity index (χ0) is 16.9. The number of amides is 2. The van der Waals surface area contributed by atoms with Gasteiger partial charge in [0.1, 0.15) is 5.36 Å². The summed E-state index contributed by atoms with van der Waals surface area (Å²) in [6.07, 6.45) is 0. The summed E-state index contributed by atoms with van der Waals surface area (Å²) in [4.78, 5) is 39.7. The van der Waals surface area contributed by atoms with Crippen LogP contribution in [-0.2, 0) is 19.6 Å². The molecule has 1 aliphatic heterocycles. The molecule has 0 spiro atoms. The van der Waals surface area contributed by atoms with E-state index < -0.39 is 37.8 Å². The maximum Gasteiger partial charge on any atom is 0.338 e. The number of fused-ring (bicyclic) bond motifs is 3. The maximum absolute atomic E-state index is 11.6. The Morgan fingerprint density at radius 2 is 1.65 bits per heavy atom. The largest absolute Gasteiger partial charge is 0.338 e. The van der Waals surface area contributed by atoms with E-state index in [4.69, 9.17) is 5.14 Å². The van der Waals surface area contributed by atoms with E-state index in [2.05, 4.69) is 9.98 Å². The number of nitro groups is 1. The lowest BCUT2D eigenvalue weighted by Crippen LogP contribution is -2.37. The Morgan fingerprint density at radius 3 is 2.22 bits per heavy atom. The molecule has 0 atom stereocenters. The average molecular weight is 334 g/mol. The molecule has 0 radical (unpaired) electrons. The summed E-state index contributed by atoms with van der Waals surface area (Å²) in [5, 5.41) is 15.7. The number of non-ortho nitro benzene ring substituents is 1. The average Bonchev–Trinajstić information content (AvgIpc) is 2.46. The molecule has 0 bridgehead atoms. The van der Waals surface area contributed by atoms with Crippen molar-refractivity contribution < 1.29 is 22.9 Å². The highest BCUT2D eigenvalue weighted by molar-refractivity contribution is 7.89. The second kappa shape index (κ2) is 4.72. The third-order valence-electron chi connectivity index (χ3n) is 3.18. The molecule has 0 saturated heterocycles. The molecule has 0 saturated carbocycles. The number of carbonyl (C=O) groups is 2. The third kappa shape index (κ3) is 2.27. The molecule has 2 amide bonds. The highest BCUT2D eigenvalue weighted by Gasteiger charge is 2.25. The van der Waals surface area contributed by atoms with Gasteiger partial charge in [-0.25, -0.2) is 18.5 Å². The second-order valence-electron chi connectivity index (χ2n) is 4.58. The molecule has 0 aliphatic carbocycles. The van der Waals surface area contributed by atoms with E-state index >= 15 is 0 Å². The lowest BCUT2D eigenvalue weighted by molar-refractivity contribution is -0.386. The molecular weight excluding hydrogens is 328 g/mol. The minimum Gasteiger partial charge on any atom is -0.261 e. The SMILES string of the molecule is NS(=O)(=O)c1cccc2c3c(c([N+](=O)[O-])cc12)=NC(=O)C(=O)N=3. The van der Waals surface area contributed by atoms with Gasteiger partial charge in [-0.1, -0.05) is 12.1 Å². The Labute approximate surface area is 127 Å². The van der Waals surface area contributed by atoms with Crippen molar-refractivity contribution in [1.82, 2.24) is 0 Å². The number of hydrogen-bond donors (Lipinski definition) is 1. The molecule has 10 nitrogen and oxygen atoms in total. The van der Waals surface area contributed by atoms with Crippen molar-refractivity contribution in [3.05, 3.63) is 45.1 Å². The highest BCUT2D eigenvalue weighted by atomic mass is 32.2. The van der Waals surface area contributed by atoms with Crippen LogP contribution in [0.5, 0.6) is 0 Å². The van der Waals surface area contributed by atoms with Gasteiger partial charge in [0.2, 0.25) is 10.0 Å². The fraction of sp³-hybridized carbons (Fsp3) is 0. The van der Waals surface area contributed by atoms with Gasteiger partial charge in [0, 0.05) is 16.8 Å². The topological polar surface area (TPSA) is 162 Å². The quantitative estimate of drug-likeness (QED) is 0.407. The normalized spacial score (nSPS) is 14.1. The smallest absolute Gasteiger partial charge is 0.261 e. The zero-order valence-electron chi connectivity index (χ0n) is 11.1. The van der Waals surface area contributed by atoms with Gasteiger partial charge in [-0.05, 0) is 6.07 Å². The fourth-order valence-electron chi connectivity index (χ4n) is 2.26. The van der Waals surface area contributed by atoms with Crippen molar-refractivity contribution in [3.63, 3.8) is 0 Å². The van der Waals surface area contributed by atoms with Crippen LogP contribution < -0.4 is 15.9 Å². The van der Waals surface area contributed by atoms with Crippen LogP contribution in [-0.4, -0.2) is 25.2 Å². The van der Waals surface area contributed by atoms with E-state index in [-0.39, 0.29) is 21.0 Å². The highest BCUT2D eigenvalue weighted by Crippen LogP contribution is 2.22. The van der Waals surface area contributed by atoms with E-state index in [1.54, 1.807) is 0 Å². The van der Waals surface area contributed by atoms with Gasteiger partial charge >= 0.3 is 11.8 Å². The number of nitro benzene ring substituents is 1. The standard InChI is InChI=1S/C12H6N4O6S/c13-23(21,22)8-3-1-2-5-6(8)4-7(16(19)20)10-9(5)14-11(17)12(18)15-10/h1-4H,(H2,13,21,22). The van der Waals surface area contributed by atoms with Crippen molar-refractivity contribution in [2.24, 2.45) is 15.1 Å². The molecule has 3 rings (SSSR count). The predicted octanol–water partition coefficient (Wildman–Crippen LogP) is -1.30. The summed E-state index contributed by atoms with van der Waals surface area (Å²) in [7, 11) is -4.17. The predicted molar refractivity (Wildman–Crippen MR) is 74.3 cm³/mol. The first-order valence-corrected chi connectivity index (χ1v) is 7.53. The van der Waals surface area contributed by atoms with Crippen LogP contribution in [0.15, 0.2) is 39.1 Å². The van der Waals surface area contributed by atoms with E-state index in [1.807, 2.05) is 0 Å². The van der Waals surface area contributed by atoms with Gasteiger partial charge in [-0.15, -0.1) is 0 Å². The van der Waals surface area contributed by atoms with E-state index in [0.29, 0.717) is 0 Å². The van der Waals surface area contributed by atoms with Gasteiger partial charge < -0.3 is 0 Å². The maximum atomic E-state index is 11.6. The van der Waals surface area contributed by atoms with Crippen LogP contribution in [0.4, 0.5) is 5.69 Å². The number of nitrogens with two attached hydrogens (primary N) is 1. The van der Waals surface area contributed by atoms with E-state index in [0.717, 1.165) is 6.07 Å². The third-order valence-corrected chi connectivity index (χ3v) is 4.15. The Kier molecular flexibility index (Phi) is 3.05. The summed E-state index contributed by atoms with van der Waals surface area (Å²) in [5.41, 5.74) is -0.645. The second-order valence-corrected chi connectivity index (χ2v) is 6.11. The fourth-order valence-corrected chi connectivity index (χ4v) is 3.01. The lowest BCUT2D eigenvalue weighted by atomic mass is 10.1. The number of hydrogen-bond acceptors (Lipinski definition) is 6. The van der Waals surface area contributed by atoms with Crippen LogP contribution in [0.2, 0.25) is 0 Å². The molecule has 1 aliphatic rings. The summed E-state index contributed by atoms with van der Waals surface area (Å²) >= 11 is 0. The molecule has 0 unspecified atom stereocenters. The number of primary sulfonamides is 1. The Hall–Kier alpha value is -3.05. The lowest BCUT2D eigenvalue weighted by Gasteiger charge is -2.07. The van der Waals surface area contributed by atoms with Crippen LogP contribution in [0.3, 0.4) is 0 Å². The van der Waals surface area contributed by atoms with Gasteiger partial charge in [0.25, 0.3) is 5.69 Å². The molecule has 116 valence electrons. The number of rotatable bonds is 2. The Morgan fingerprint density at radius 1 is 1.04 bits per heavy atom. The minimum absolute atomic E-state index is 0.0819. The molecule has 0 fully saturated rings. The van der Waals surface area contributed by atoms with Crippen LogP contribution >= 0.6 is 0 Å². The monoisotopic (exact) mass is 334 g/mol. The van der Waals surface area contributed by atoms with Crippen molar-refractivity contribution in [1.29, 1.82) is 0 Å². The molecule has 11 heteroatoms. The molecule has 1 heterocycles. The van der Waals surface area contributed by atoms with Crippen molar-refractivity contribution in [2.45, 2.75) is 4.90 Å². The van der Waals surface area contributed by atoms with Crippen molar-refractivity contribution in [3.8, 4) is 0 Å². The van der Waals surface area contributed by atoms with Gasteiger partial charge in [0.15, 0.2) is 5.36 Å². The Balaban J connectivity index is 2.67. The molecule has 2 N–H and O–H groups in total. The number of benzene rings is 2. The van der Waals surface area contributed by atoms with Crippen LogP contribution in [0.25, 0.3) is 10.8 Å². The molecule has 2 aromatic carbocycles. The molecule has 2 aromatic rings. The van der Waals surface area contributed by atoms with E-state index in [1.165, 1.54) is 18.2 Å². The van der Waals surface area contributed by atoms with Crippen molar-refractivity contribution >= 4 is 38.3 Å². The number of sulfonamides is 1. The zero-order valence-corrected chi connectivity index (χ0v) is 11.9. The van der Waals surface area contributed by atoms with Gasteiger partial charge in [-0.3, -0.25) is 19.7 Å². The van der Waals surface area contributed by atoms with Crippen LogP contribution in [0, 0.1) is 10.1 Å². The summed E-state index contributed by atoms with van der Waals surface area (Å²) < 4.78 is 23.3. The van der Waals surface area contributed by atoms with Crippen molar-refractivity contribution in [2.75, 3.05) is 0 Å². The molecule has 0 aromatic heterocycles. The summed E-state index contributed by atoms with van der Waals surface area (Å²) in [6.45, 7) is 0. The first-order valence-electron chi connectivity index (χ1n) is 5.99. The number of nitrogens with zero attached hydrogens (tertiary/aromatic N) is 3. The van der Waals surface area contributed by atoms with Gasteiger partial charge in [0.05, 0.1) is 9.82 Å². The minimum atomic E-state index is -4.17. The molecule has 23 heavy (non-hydrogen) atoms. The molecular formula is C12H6N4O6S. The van der Waals surface area contributed by atoms with Gasteiger partial charge in [-0.2, -0.15) is 4.99 Å². The summed E-state index contributed by atoms with van der Waals surface area (Å²) in [6, 6.07) is 4.84. The Bertz CT molecular complexity index is 1150. The first kappa shape index (κ1) is 14.9. The van der Waals surface area contributed by atoms with E-state index in [9.17, 15) is 28.1 Å². The summed E-state index contributed by atoms with van der Waals surface area (Å²) in [5.74, 6) is -2.43. The first-order chi connectivity index (χ1) is 10.7. The number of carbonyl (C=O) groups excluding carboxylic acids is 2.